The lowest BCUT2D eigenvalue weighted by atomic mass is 9.86. The van der Waals surface area contributed by atoms with Gasteiger partial charge in [0.25, 0.3) is 0 Å². The summed E-state index contributed by atoms with van der Waals surface area (Å²) in [6, 6.07) is 80.9. The Kier molecular flexibility index (Phi) is 27.4. The summed E-state index contributed by atoms with van der Waals surface area (Å²) in [5.74, 6) is 0.971. The molecule has 0 atom stereocenters. The number of pyridine rings is 5. The van der Waals surface area contributed by atoms with Gasteiger partial charge in [0.15, 0.2) is 41.4 Å². The molecule has 0 saturated heterocycles. The van der Waals surface area contributed by atoms with Crippen LogP contribution in [0.5, 0.6) is 0 Å². The molecule has 0 fully saturated rings. The molecule has 0 N–H and O–H groups in total. The van der Waals surface area contributed by atoms with Gasteiger partial charge in [0, 0.05) is 42.0 Å². The van der Waals surface area contributed by atoms with E-state index >= 15 is 0 Å². The number of rotatable bonds is 15. The number of aromatic nitrogens is 15. The number of benzene rings is 8. The van der Waals surface area contributed by atoms with Gasteiger partial charge in [-0.05, 0) is 238 Å². The third-order valence-corrected chi connectivity index (χ3v) is 24.0. The van der Waals surface area contributed by atoms with Crippen molar-refractivity contribution in [1.82, 2.24) is 48.3 Å². The van der Waals surface area contributed by atoms with Crippen LogP contribution in [-0.2, 0) is 35.2 Å². The van der Waals surface area contributed by atoms with Crippen LogP contribution in [0.25, 0.3) is 118 Å². The van der Waals surface area contributed by atoms with Crippen LogP contribution in [0.3, 0.4) is 0 Å². The summed E-state index contributed by atoms with van der Waals surface area (Å²) in [6.07, 6.45) is 29.2. The van der Waals surface area contributed by atoms with Crippen molar-refractivity contribution in [2.24, 2.45) is 35.2 Å². The minimum Gasteiger partial charge on any atom is -0.259 e. The van der Waals surface area contributed by atoms with E-state index in [0.29, 0.717) is 11.8 Å². The van der Waals surface area contributed by atoms with Crippen LogP contribution in [0.2, 0.25) is 0 Å². The van der Waals surface area contributed by atoms with Gasteiger partial charge < -0.3 is 0 Å². The van der Waals surface area contributed by atoms with E-state index in [4.69, 9.17) is 4.98 Å². The molecule has 10 aromatic heterocycles. The number of hydrogen-bond acceptors (Lipinski definition) is 5. The fourth-order valence-electron chi connectivity index (χ4n) is 17.8. The summed E-state index contributed by atoms with van der Waals surface area (Å²) < 4.78 is 21.5. The average molecular weight is 1680 g/mol. The molecule has 0 bridgehead atoms. The third kappa shape index (κ3) is 19.3. The molecule has 18 aromatic rings. The molecule has 8 aromatic carbocycles. The summed E-state index contributed by atoms with van der Waals surface area (Å²) in [6.45, 7) is 36.6. The maximum Gasteiger partial charge on any atom is 0.203 e. The van der Waals surface area contributed by atoms with Crippen LogP contribution in [0.4, 0.5) is 0 Å². The molecule has 10 heterocycles. The quantitative estimate of drug-likeness (QED) is 0.0950. The molecule has 0 amide bonds. The second-order valence-corrected chi connectivity index (χ2v) is 34.0. The molecule has 127 heavy (non-hydrogen) atoms. The predicted octanol–water partition coefficient (Wildman–Crippen LogP) is 23.1. The standard InChI is InChI=1S/C29H26N3.C24H24N3.C23H30N3.C19H22N3.C17H18N3/c1-21-17-18-30-22(2)29(21)32-20-25(19-31(32)3)28-26(23-11-6-4-7-12-23)15-10-16-27(28)24-13-8-5-9-14-24;1-17-10-8-13-21(20-11-6-5-7-12-20)23(17)22-16-18(2)24(19(3)25-22)27-15-9-14-26(27)4;1-15(2)20-9-8-10-21(16(3)4)22(20)19-13-25(7)26(14-19)23-17(5)11-12-24-18(23)6;1-13-7-6-8-14(2)18(13)17-11-21(5)22(12-17)19-15(3)9-10-20-16(19)4;1-13-9-10-18-14(2)17(13)20-12-16(11-19(20)3)15-7-5-4-6-8-15/h4-20H,1-3H3;5-16H,1-4H3;8-16H,1-7H3;6-12H,1-5H3;4-12H,1-3H3/q5*+1. The smallest absolute Gasteiger partial charge is 0.203 e. The normalized spacial score (nSPS) is 11.1. The van der Waals surface area contributed by atoms with E-state index in [1.165, 1.54) is 139 Å². The van der Waals surface area contributed by atoms with Crippen molar-refractivity contribution in [2.75, 3.05) is 0 Å². The highest BCUT2D eigenvalue weighted by Crippen LogP contribution is 2.42. The topological polar surface area (TPSA) is 108 Å². The molecule has 0 spiro atoms. The van der Waals surface area contributed by atoms with Crippen molar-refractivity contribution < 1.29 is 23.4 Å². The molecular weight excluding hydrogens is 1560 g/mol. The molecule has 0 aliphatic rings. The number of nitrogens with zero attached hydrogens (tertiary/aromatic N) is 15. The molecule has 0 aliphatic heterocycles. The number of aryl methyl sites for hydroxylation is 18. The van der Waals surface area contributed by atoms with Gasteiger partial charge in [-0.15, -0.1) is 46.8 Å². The zero-order valence-corrected chi connectivity index (χ0v) is 77.9. The molecule has 18 rings (SSSR count). The summed E-state index contributed by atoms with van der Waals surface area (Å²) in [4.78, 5) is 22.9. The van der Waals surface area contributed by atoms with Crippen LogP contribution < -0.4 is 23.4 Å². The van der Waals surface area contributed by atoms with Crippen molar-refractivity contribution >= 4 is 0 Å². The molecule has 638 valence electrons. The molecule has 0 aliphatic carbocycles. The maximum absolute atomic E-state index is 5.01. The highest BCUT2D eigenvalue weighted by molar-refractivity contribution is 5.94. The van der Waals surface area contributed by atoms with Gasteiger partial charge in [-0.2, -0.15) is 0 Å². The van der Waals surface area contributed by atoms with Crippen molar-refractivity contribution in [3.63, 3.8) is 0 Å². The van der Waals surface area contributed by atoms with Crippen LogP contribution >= 0.6 is 0 Å². The van der Waals surface area contributed by atoms with Crippen LogP contribution in [0, 0.1) is 90.0 Å². The van der Waals surface area contributed by atoms with E-state index in [0.717, 1.165) is 62.6 Å². The lowest BCUT2D eigenvalue weighted by Gasteiger charge is -2.18. The Bertz CT molecular complexity index is 6710. The average Bonchev–Trinajstić information content (AvgIpc) is 1.38. The second kappa shape index (κ2) is 39.2. The molecule has 0 saturated carbocycles. The molecule has 15 heteroatoms. The summed E-state index contributed by atoms with van der Waals surface area (Å²) in [5, 5.41) is 0. The van der Waals surface area contributed by atoms with E-state index < -0.39 is 0 Å². The monoisotopic (exact) mass is 1670 g/mol. The van der Waals surface area contributed by atoms with Gasteiger partial charge in [-0.1, -0.05) is 222 Å². The van der Waals surface area contributed by atoms with Gasteiger partial charge in [-0.25, -0.2) is 0 Å². The minimum absolute atomic E-state index is 0.485. The molecule has 15 nitrogen and oxygen atoms in total. The highest BCUT2D eigenvalue weighted by Gasteiger charge is 2.27. The van der Waals surface area contributed by atoms with E-state index in [-0.39, 0.29) is 0 Å². The first-order chi connectivity index (χ1) is 61.1. The molecular formula is C112H120N15+5. The van der Waals surface area contributed by atoms with Crippen molar-refractivity contribution in [3.05, 3.63) is 401 Å². The number of hydrogen-bond donors (Lipinski definition) is 0. The zero-order valence-electron chi connectivity index (χ0n) is 77.9. The zero-order chi connectivity index (χ0) is 90.0. The minimum atomic E-state index is 0.485. The Morgan fingerprint density at radius 2 is 0.551 bits per heavy atom. The third-order valence-electron chi connectivity index (χ3n) is 24.0. The predicted molar refractivity (Wildman–Crippen MR) is 517 cm³/mol. The van der Waals surface area contributed by atoms with E-state index in [1.54, 1.807) is 0 Å². The first-order valence-corrected chi connectivity index (χ1v) is 43.9. The van der Waals surface area contributed by atoms with Crippen molar-refractivity contribution in [1.29, 1.82) is 0 Å². The highest BCUT2D eigenvalue weighted by atomic mass is 15.4. The van der Waals surface area contributed by atoms with Crippen LogP contribution in [0.15, 0.2) is 317 Å². The van der Waals surface area contributed by atoms with Crippen molar-refractivity contribution in [2.45, 2.75) is 130 Å². The van der Waals surface area contributed by atoms with Gasteiger partial charge in [0.1, 0.15) is 28.4 Å². The Balaban J connectivity index is 0.000000130. The Hall–Kier alpha value is -14.4. The summed E-state index contributed by atoms with van der Waals surface area (Å²) >= 11 is 0. The SMILES string of the molecule is Cc1cccc(-c2ccccc2)c1-c1cc(C)c(-n2ccc[n+]2C)c(C)n1.Cc1cccc(C)c1-c1cn(-c2c(C)ccnc2C)[n+](C)c1.Cc1ccnc(C)c1-n1cc(-c2c(-c3ccccc3)cccc2-c2ccccc2)c[n+]1C.Cc1ccnc(C)c1-n1cc(-c2c(C(C)C)cccc2C(C)C)c[n+]1C.Cc1ccnc(C)c1-n1cc(-c2ccccc2)c[n+]1C. The van der Waals surface area contributed by atoms with E-state index in [1.807, 2.05) is 63.2 Å². The van der Waals surface area contributed by atoms with Gasteiger partial charge in [-0.3, -0.25) is 24.9 Å². The lowest BCUT2D eigenvalue weighted by Crippen LogP contribution is -2.37. The molecule has 0 radical (unpaired) electrons. The van der Waals surface area contributed by atoms with Gasteiger partial charge in [0.05, 0.1) is 87.4 Å². The summed E-state index contributed by atoms with van der Waals surface area (Å²) in [7, 11) is 10.4. The lowest BCUT2D eigenvalue weighted by molar-refractivity contribution is -0.744. The van der Waals surface area contributed by atoms with Gasteiger partial charge >= 0.3 is 0 Å². The van der Waals surface area contributed by atoms with E-state index in [2.05, 4.69) is 474 Å². The Morgan fingerprint density at radius 3 is 0.906 bits per heavy atom. The Morgan fingerprint density at radius 1 is 0.244 bits per heavy atom. The first kappa shape index (κ1) is 88.9. The maximum atomic E-state index is 5.01. The second-order valence-electron chi connectivity index (χ2n) is 34.0. The van der Waals surface area contributed by atoms with Crippen LogP contribution in [-0.4, -0.2) is 48.3 Å². The van der Waals surface area contributed by atoms with Crippen molar-refractivity contribution in [3.8, 4) is 118 Å². The largest absolute Gasteiger partial charge is 0.259 e. The first-order valence-electron chi connectivity index (χ1n) is 43.9. The molecule has 0 unspecified atom stereocenters. The van der Waals surface area contributed by atoms with Crippen LogP contribution in [0.1, 0.15) is 124 Å². The Labute approximate surface area is 750 Å². The fraction of sp³-hybridized carbons (Fsp3) is 0.214. The summed E-state index contributed by atoms with van der Waals surface area (Å²) in [5.41, 5.74) is 43.3. The van der Waals surface area contributed by atoms with Gasteiger partial charge in [0.2, 0.25) is 24.8 Å². The van der Waals surface area contributed by atoms with E-state index in [9.17, 15) is 0 Å². The fourth-order valence-corrected chi connectivity index (χ4v) is 17.8.